The third-order valence-electron chi connectivity index (χ3n) is 4.82. The number of nitrogens with one attached hydrogen (secondary N) is 2. The molecule has 11 heteroatoms. The fourth-order valence-corrected chi connectivity index (χ4v) is 4.53. The van der Waals surface area contributed by atoms with E-state index in [4.69, 9.17) is 9.47 Å². The number of aromatic amines is 1. The maximum Gasteiger partial charge on any atom is 0.354 e. The van der Waals surface area contributed by atoms with E-state index in [1.165, 1.54) is 0 Å². The van der Waals surface area contributed by atoms with Crippen molar-refractivity contribution in [1.82, 2.24) is 15.0 Å². The summed E-state index contributed by atoms with van der Waals surface area (Å²) in [6.45, 7) is 5.88. The van der Waals surface area contributed by atoms with Crippen molar-refractivity contribution in [3.8, 4) is 0 Å². The number of H-pyrrole nitrogens is 1. The number of rotatable bonds is 6. The monoisotopic (exact) mass is 509 g/mol. The smallest absolute Gasteiger partial charge is 0.354 e. The maximum atomic E-state index is 11.6. The molecule has 0 aliphatic heterocycles. The van der Waals surface area contributed by atoms with Crippen molar-refractivity contribution in [2.45, 2.75) is 20.8 Å². The minimum atomic E-state index is -0.417. The van der Waals surface area contributed by atoms with E-state index >= 15 is 0 Å². The van der Waals surface area contributed by atoms with Crippen LogP contribution in [-0.4, -0.2) is 45.8 Å². The lowest BCUT2D eigenvalue weighted by molar-refractivity contribution is -0.135. The van der Waals surface area contributed by atoms with Crippen molar-refractivity contribution in [1.29, 1.82) is 0 Å². The molecule has 0 spiro atoms. The van der Waals surface area contributed by atoms with Gasteiger partial charge in [0.2, 0.25) is 0 Å². The van der Waals surface area contributed by atoms with Crippen LogP contribution in [0.1, 0.15) is 31.3 Å². The molecule has 3 aromatic heterocycles. The fraction of sp³-hybridized carbons (Fsp3) is 0.208. The Balaban J connectivity index is 0.000000165. The van der Waals surface area contributed by atoms with E-state index in [2.05, 4.69) is 25.5 Å². The molecule has 2 N–H and O–H groups in total. The highest BCUT2D eigenvalue weighted by Gasteiger charge is 2.11. The number of ether oxygens (including phenoxy) is 2. The van der Waals surface area contributed by atoms with Crippen molar-refractivity contribution >= 4 is 77.3 Å². The minimum absolute atomic E-state index is 0.287. The summed E-state index contributed by atoms with van der Waals surface area (Å²) in [6, 6.07) is 11.5. The Bertz CT molecular complexity index is 1470. The van der Waals surface area contributed by atoms with Gasteiger partial charge in [-0.05, 0) is 57.2 Å². The van der Waals surface area contributed by atoms with Crippen LogP contribution in [0.5, 0.6) is 0 Å². The number of benzene rings is 2. The van der Waals surface area contributed by atoms with Gasteiger partial charge in [0.05, 0.1) is 50.4 Å². The number of carbonyl (C=O) groups is 2. The first kappa shape index (κ1) is 24.3. The highest BCUT2D eigenvalue weighted by molar-refractivity contribution is 7.17. The van der Waals surface area contributed by atoms with Crippen molar-refractivity contribution < 1.29 is 19.1 Å². The van der Waals surface area contributed by atoms with Crippen LogP contribution in [0.3, 0.4) is 0 Å². The number of hydrogen-bond donors (Lipinski definition) is 2. The topological polar surface area (TPSA) is 119 Å². The van der Waals surface area contributed by atoms with Crippen LogP contribution in [0.4, 0.5) is 5.69 Å². The summed E-state index contributed by atoms with van der Waals surface area (Å²) in [5, 5.41) is 4.98. The van der Waals surface area contributed by atoms with Gasteiger partial charge in [0.25, 0.3) is 0 Å². The highest BCUT2D eigenvalue weighted by atomic mass is 32.1. The molecule has 180 valence electrons. The number of carbonyl (C=O) groups excluding carboxylic acids is 2. The van der Waals surface area contributed by atoms with Crippen LogP contribution < -0.4 is 5.43 Å². The van der Waals surface area contributed by atoms with Crippen LogP contribution in [0, 0.1) is 0 Å². The van der Waals surface area contributed by atoms with Gasteiger partial charge in [-0.25, -0.2) is 19.6 Å². The summed E-state index contributed by atoms with van der Waals surface area (Å²) < 4.78 is 12.0. The average Bonchev–Trinajstić information content (AvgIpc) is 3.60. The molecule has 0 amide bonds. The number of thiazole rings is 2. The van der Waals surface area contributed by atoms with E-state index in [1.54, 1.807) is 49.0 Å². The molecule has 3 heterocycles. The second-order valence-electron chi connectivity index (χ2n) is 7.23. The SMILES string of the molecule is CCOC(=O)/C(C)=N\Nc1ccc2scnc2c1.CCOC(=O)c1cc2cc3scnc3cc2[nH]1. The summed E-state index contributed by atoms with van der Waals surface area (Å²) in [5.74, 6) is -0.736. The molecule has 5 aromatic rings. The fourth-order valence-electron chi connectivity index (χ4n) is 3.16. The molecule has 5 rings (SSSR count). The van der Waals surface area contributed by atoms with Crippen molar-refractivity contribution in [3.63, 3.8) is 0 Å². The molecule has 0 fully saturated rings. The minimum Gasteiger partial charge on any atom is -0.461 e. The Kier molecular flexibility index (Phi) is 7.68. The van der Waals surface area contributed by atoms with Crippen molar-refractivity contribution in [2.75, 3.05) is 18.6 Å². The normalized spacial score (nSPS) is 11.3. The standard InChI is InChI=1S/C12H13N3O2S.C12H10N2O2S/c1-3-17-12(16)8(2)14-15-9-4-5-11-10(6-9)13-7-18-11;1-2-16-12(15)10-3-7-4-11-9(13-6-17-11)5-8(7)14-10/h4-7,15H,3H2,1-2H3;3-6,14H,2H2,1H3/b14-8-;. The van der Waals surface area contributed by atoms with E-state index in [-0.39, 0.29) is 11.7 Å². The predicted molar refractivity (Wildman–Crippen MR) is 140 cm³/mol. The number of fused-ring (bicyclic) bond motifs is 3. The van der Waals surface area contributed by atoms with Crippen molar-refractivity contribution in [2.24, 2.45) is 5.10 Å². The lowest BCUT2D eigenvalue weighted by Gasteiger charge is -2.03. The molecule has 2 aromatic carbocycles. The molecule has 0 saturated heterocycles. The first-order chi connectivity index (χ1) is 17.0. The summed E-state index contributed by atoms with van der Waals surface area (Å²) >= 11 is 3.17. The number of hydrazone groups is 1. The Morgan fingerprint density at radius 1 is 0.971 bits per heavy atom. The Labute approximate surface area is 208 Å². The summed E-state index contributed by atoms with van der Waals surface area (Å²) in [6.07, 6.45) is 0. The second-order valence-corrected chi connectivity index (χ2v) is 9.00. The summed E-state index contributed by atoms with van der Waals surface area (Å²) in [5.41, 5.74) is 10.8. The number of nitrogens with zero attached hydrogens (tertiary/aromatic N) is 3. The average molecular weight is 510 g/mol. The molecule has 0 atom stereocenters. The largest absolute Gasteiger partial charge is 0.461 e. The molecular weight excluding hydrogens is 486 g/mol. The van der Waals surface area contributed by atoms with Gasteiger partial charge in [0, 0.05) is 10.9 Å². The van der Waals surface area contributed by atoms with E-state index in [9.17, 15) is 9.59 Å². The molecule has 0 bridgehead atoms. The molecule has 0 aliphatic rings. The van der Waals surface area contributed by atoms with Gasteiger partial charge >= 0.3 is 11.9 Å². The first-order valence-electron chi connectivity index (χ1n) is 10.8. The zero-order valence-corrected chi connectivity index (χ0v) is 21.0. The van der Waals surface area contributed by atoms with Gasteiger partial charge in [-0.15, -0.1) is 22.7 Å². The number of aromatic nitrogens is 3. The Morgan fingerprint density at radius 3 is 2.43 bits per heavy atom. The van der Waals surface area contributed by atoms with E-state index in [0.717, 1.165) is 37.0 Å². The Morgan fingerprint density at radius 2 is 1.69 bits per heavy atom. The van der Waals surface area contributed by atoms with Gasteiger partial charge in [-0.1, -0.05) is 0 Å². The lowest BCUT2D eigenvalue weighted by atomic mass is 10.2. The van der Waals surface area contributed by atoms with E-state index in [1.807, 2.05) is 41.9 Å². The highest BCUT2D eigenvalue weighted by Crippen LogP contribution is 2.25. The van der Waals surface area contributed by atoms with Crippen LogP contribution in [0.25, 0.3) is 31.3 Å². The molecule has 35 heavy (non-hydrogen) atoms. The molecular formula is C24H23N5O4S2. The summed E-state index contributed by atoms with van der Waals surface area (Å²) in [4.78, 5) is 34.4. The molecule has 0 aliphatic carbocycles. The zero-order chi connectivity index (χ0) is 24.8. The van der Waals surface area contributed by atoms with Gasteiger partial charge in [0.15, 0.2) is 0 Å². The number of anilines is 1. The third kappa shape index (κ3) is 5.81. The summed E-state index contributed by atoms with van der Waals surface area (Å²) in [7, 11) is 0. The number of esters is 2. The maximum absolute atomic E-state index is 11.6. The van der Waals surface area contributed by atoms with Gasteiger partial charge in [-0.2, -0.15) is 5.10 Å². The molecule has 9 nitrogen and oxygen atoms in total. The van der Waals surface area contributed by atoms with Gasteiger partial charge < -0.3 is 14.5 Å². The predicted octanol–water partition coefficient (Wildman–Crippen LogP) is 5.60. The molecule has 0 unspecified atom stereocenters. The van der Waals surface area contributed by atoms with Crippen LogP contribution in [-0.2, 0) is 14.3 Å². The third-order valence-corrected chi connectivity index (χ3v) is 6.42. The van der Waals surface area contributed by atoms with Crippen molar-refractivity contribution in [3.05, 3.63) is 53.1 Å². The molecule has 0 saturated carbocycles. The lowest BCUT2D eigenvalue weighted by Crippen LogP contribution is -2.15. The van der Waals surface area contributed by atoms with Gasteiger partial charge in [0.1, 0.15) is 11.4 Å². The first-order valence-corrected chi connectivity index (χ1v) is 12.6. The van der Waals surface area contributed by atoms with E-state index < -0.39 is 5.97 Å². The second kappa shape index (κ2) is 11.1. The number of hydrogen-bond acceptors (Lipinski definition) is 10. The van der Waals surface area contributed by atoms with Crippen LogP contribution in [0.15, 0.2) is 52.5 Å². The Hall–Kier alpha value is -3.83. The van der Waals surface area contributed by atoms with Crippen LogP contribution in [0.2, 0.25) is 0 Å². The van der Waals surface area contributed by atoms with E-state index in [0.29, 0.717) is 18.9 Å². The quantitative estimate of drug-likeness (QED) is 0.174. The molecule has 0 radical (unpaired) electrons. The zero-order valence-electron chi connectivity index (χ0n) is 19.3. The van der Waals surface area contributed by atoms with Gasteiger partial charge in [-0.3, -0.25) is 5.43 Å². The van der Waals surface area contributed by atoms with Crippen LogP contribution >= 0.6 is 22.7 Å².